The van der Waals surface area contributed by atoms with Crippen LogP contribution in [0.2, 0.25) is 0 Å². The fourth-order valence-corrected chi connectivity index (χ4v) is 3.00. The zero-order valence-corrected chi connectivity index (χ0v) is 11.2. The van der Waals surface area contributed by atoms with Crippen molar-refractivity contribution in [1.29, 1.82) is 0 Å². The van der Waals surface area contributed by atoms with Crippen LogP contribution < -0.4 is 0 Å². The number of hydrogen-bond acceptors (Lipinski definition) is 1. The monoisotopic (exact) mass is 318 g/mol. The summed E-state index contributed by atoms with van der Waals surface area (Å²) in [5, 5.41) is 9.06. The molecule has 98 valence electrons. The molecule has 1 aliphatic rings. The first-order valence-corrected chi connectivity index (χ1v) is 6.65. The lowest BCUT2D eigenvalue weighted by molar-refractivity contribution is -0.142. The predicted molar refractivity (Wildman–Crippen MR) is 66.2 cm³/mol. The molecule has 1 N–H and O–H groups in total. The summed E-state index contributed by atoms with van der Waals surface area (Å²) in [5.74, 6) is -2.75. The lowest BCUT2D eigenvalue weighted by Gasteiger charge is -2.16. The van der Waals surface area contributed by atoms with Crippen molar-refractivity contribution in [2.24, 2.45) is 11.8 Å². The Morgan fingerprint density at radius 1 is 1.39 bits per heavy atom. The van der Waals surface area contributed by atoms with Crippen LogP contribution in [0.25, 0.3) is 0 Å². The van der Waals surface area contributed by atoms with Crippen LogP contribution >= 0.6 is 15.9 Å². The van der Waals surface area contributed by atoms with E-state index in [9.17, 15) is 13.6 Å². The average Bonchev–Trinajstić information content (AvgIpc) is 2.78. The van der Waals surface area contributed by atoms with Crippen LogP contribution in [0.15, 0.2) is 16.6 Å². The molecule has 0 saturated heterocycles. The summed E-state index contributed by atoms with van der Waals surface area (Å²) >= 11 is 3.02. The molecule has 2 nitrogen and oxygen atoms in total. The quantitative estimate of drug-likeness (QED) is 0.861. The average molecular weight is 319 g/mol. The van der Waals surface area contributed by atoms with Crippen LogP contribution in [0.4, 0.5) is 8.78 Å². The van der Waals surface area contributed by atoms with Gasteiger partial charge in [0.2, 0.25) is 0 Å². The minimum absolute atomic E-state index is 0.0116. The standard InChI is InChI=1S/C13H13BrF2O2/c14-10-4-5-11(15)9(12(10)16)6-7-2-1-3-8(7)13(17)18/h4-5,7-8H,1-3,6H2,(H,17,18). The van der Waals surface area contributed by atoms with Gasteiger partial charge in [0.25, 0.3) is 0 Å². The molecule has 0 amide bonds. The highest BCUT2D eigenvalue weighted by atomic mass is 79.9. The number of carboxylic acids is 1. The molecule has 0 aliphatic heterocycles. The van der Waals surface area contributed by atoms with E-state index in [4.69, 9.17) is 5.11 Å². The topological polar surface area (TPSA) is 37.3 Å². The minimum Gasteiger partial charge on any atom is -0.481 e. The van der Waals surface area contributed by atoms with E-state index in [-0.39, 0.29) is 22.4 Å². The number of carbonyl (C=O) groups is 1. The molecule has 18 heavy (non-hydrogen) atoms. The van der Waals surface area contributed by atoms with Gasteiger partial charge >= 0.3 is 5.97 Å². The summed E-state index contributed by atoms with van der Waals surface area (Å²) < 4.78 is 27.6. The molecule has 1 aliphatic carbocycles. The highest BCUT2D eigenvalue weighted by Crippen LogP contribution is 2.36. The third kappa shape index (κ3) is 2.55. The Hall–Kier alpha value is -0.970. The molecule has 1 aromatic carbocycles. The molecule has 1 saturated carbocycles. The van der Waals surface area contributed by atoms with Crippen LogP contribution in [0.5, 0.6) is 0 Å². The van der Waals surface area contributed by atoms with E-state index in [0.29, 0.717) is 12.8 Å². The Bertz CT molecular complexity index is 476. The number of halogens is 3. The fraction of sp³-hybridized carbons (Fsp3) is 0.462. The molecular weight excluding hydrogens is 306 g/mol. The third-order valence-corrected chi connectivity index (χ3v) is 4.19. The van der Waals surface area contributed by atoms with Gasteiger partial charge in [-0.05, 0) is 53.2 Å². The van der Waals surface area contributed by atoms with Crippen molar-refractivity contribution >= 4 is 21.9 Å². The van der Waals surface area contributed by atoms with Gasteiger partial charge in [-0.25, -0.2) is 8.78 Å². The molecule has 2 unspecified atom stereocenters. The van der Waals surface area contributed by atoms with Gasteiger partial charge in [-0.2, -0.15) is 0 Å². The SMILES string of the molecule is O=C(O)C1CCCC1Cc1c(F)ccc(Br)c1F. The number of hydrogen-bond donors (Lipinski definition) is 1. The maximum atomic E-state index is 13.8. The number of aliphatic carboxylic acids is 1. The number of rotatable bonds is 3. The van der Waals surface area contributed by atoms with Crippen molar-refractivity contribution in [2.75, 3.05) is 0 Å². The summed E-state index contributed by atoms with van der Waals surface area (Å²) in [6, 6.07) is 2.52. The van der Waals surface area contributed by atoms with Crippen molar-refractivity contribution < 1.29 is 18.7 Å². The van der Waals surface area contributed by atoms with E-state index in [1.54, 1.807) is 0 Å². The molecule has 0 radical (unpaired) electrons. The van der Waals surface area contributed by atoms with Gasteiger partial charge < -0.3 is 5.11 Å². The smallest absolute Gasteiger partial charge is 0.306 e. The maximum Gasteiger partial charge on any atom is 0.306 e. The molecule has 0 spiro atoms. The normalized spacial score (nSPS) is 23.3. The number of carboxylic acid groups (broad SMARTS) is 1. The van der Waals surface area contributed by atoms with Crippen molar-refractivity contribution in [1.82, 2.24) is 0 Å². The van der Waals surface area contributed by atoms with Crippen molar-refractivity contribution in [3.8, 4) is 0 Å². The lowest BCUT2D eigenvalue weighted by atomic mass is 9.89. The van der Waals surface area contributed by atoms with Crippen molar-refractivity contribution in [3.05, 3.63) is 33.8 Å². The second-order valence-electron chi connectivity index (χ2n) is 4.66. The molecule has 2 atom stereocenters. The summed E-state index contributed by atoms with van der Waals surface area (Å²) in [4.78, 5) is 11.0. The first kappa shape index (κ1) is 13.5. The second-order valence-corrected chi connectivity index (χ2v) is 5.52. The van der Waals surface area contributed by atoms with E-state index in [1.807, 2.05) is 0 Å². The summed E-state index contributed by atoms with van der Waals surface area (Å²) in [6.07, 6.45) is 2.26. The molecule has 0 aromatic heterocycles. The molecule has 0 bridgehead atoms. The van der Waals surface area contributed by atoms with Gasteiger partial charge in [-0.3, -0.25) is 4.79 Å². The predicted octanol–water partition coefficient (Wildman–Crippen LogP) is 3.77. The Morgan fingerprint density at radius 2 is 2.11 bits per heavy atom. The van der Waals surface area contributed by atoms with Gasteiger partial charge in [0.1, 0.15) is 11.6 Å². The Labute approximate surface area is 112 Å². The van der Waals surface area contributed by atoms with E-state index >= 15 is 0 Å². The molecule has 2 rings (SSSR count). The maximum absolute atomic E-state index is 13.8. The minimum atomic E-state index is -0.867. The zero-order valence-electron chi connectivity index (χ0n) is 9.63. The van der Waals surface area contributed by atoms with Crippen LogP contribution in [-0.4, -0.2) is 11.1 Å². The van der Waals surface area contributed by atoms with Crippen LogP contribution in [-0.2, 0) is 11.2 Å². The molecular formula is C13H13BrF2O2. The molecule has 1 aromatic rings. The highest BCUT2D eigenvalue weighted by molar-refractivity contribution is 9.10. The van der Waals surface area contributed by atoms with Gasteiger partial charge in [-0.1, -0.05) is 6.42 Å². The van der Waals surface area contributed by atoms with E-state index in [2.05, 4.69) is 15.9 Å². The Kier molecular flexibility index (Phi) is 4.00. The largest absolute Gasteiger partial charge is 0.481 e. The van der Waals surface area contributed by atoms with Crippen molar-refractivity contribution in [2.45, 2.75) is 25.7 Å². The third-order valence-electron chi connectivity index (χ3n) is 3.58. The van der Waals surface area contributed by atoms with Crippen LogP contribution in [0.3, 0.4) is 0 Å². The van der Waals surface area contributed by atoms with Crippen LogP contribution in [0, 0.1) is 23.5 Å². The summed E-state index contributed by atoms with van der Waals surface area (Å²) in [7, 11) is 0. The van der Waals surface area contributed by atoms with Crippen molar-refractivity contribution in [3.63, 3.8) is 0 Å². The Morgan fingerprint density at radius 3 is 2.78 bits per heavy atom. The highest BCUT2D eigenvalue weighted by Gasteiger charge is 2.34. The number of benzene rings is 1. The lowest BCUT2D eigenvalue weighted by Crippen LogP contribution is -2.20. The second kappa shape index (κ2) is 5.34. The van der Waals surface area contributed by atoms with Gasteiger partial charge in [0, 0.05) is 5.56 Å². The van der Waals surface area contributed by atoms with Gasteiger partial charge in [0.05, 0.1) is 10.4 Å². The van der Waals surface area contributed by atoms with E-state index in [0.717, 1.165) is 6.42 Å². The molecule has 0 heterocycles. The summed E-state index contributed by atoms with van der Waals surface area (Å²) in [5.41, 5.74) is -0.0116. The van der Waals surface area contributed by atoms with E-state index in [1.165, 1.54) is 12.1 Å². The molecule has 1 fully saturated rings. The molecule has 5 heteroatoms. The van der Waals surface area contributed by atoms with Gasteiger partial charge in [0.15, 0.2) is 0 Å². The summed E-state index contributed by atoms with van der Waals surface area (Å²) in [6.45, 7) is 0. The van der Waals surface area contributed by atoms with Gasteiger partial charge in [-0.15, -0.1) is 0 Å². The van der Waals surface area contributed by atoms with Crippen LogP contribution in [0.1, 0.15) is 24.8 Å². The van der Waals surface area contributed by atoms with E-state index < -0.39 is 23.5 Å². The Balaban J connectivity index is 2.24. The fourth-order valence-electron chi connectivity index (χ4n) is 2.62. The first-order valence-electron chi connectivity index (χ1n) is 5.86. The zero-order chi connectivity index (χ0) is 13.3. The first-order chi connectivity index (χ1) is 8.50.